The van der Waals surface area contributed by atoms with Crippen LogP contribution in [0, 0.1) is 6.92 Å². The van der Waals surface area contributed by atoms with Gasteiger partial charge in [-0.3, -0.25) is 4.79 Å². The van der Waals surface area contributed by atoms with E-state index in [1.807, 2.05) is 44.4 Å². The van der Waals surface area contributed by atoms with Gasteiger partial charge in [-0.25, -0.2) is 0 Å². The second-order valence-corrected chi connectivity index (χ2v) is 5.80. The average molecular weight is 312 g/mol. The van der Waals surface area contributed by atoms with Gasteiger partial charge in [0.25, 0.3) is 5.91 Å². The lowest BCUT2D eigenvalue weighted by Gasteiger charge is -2.25. The first kappa shape index (κ1) is 17.0. The Hall–Kier alpha value is -2.33. The number of ether oxygens (including phenoxy) is 1. The van der Waals surface area contributed by atoms with E-state index < -0.39 is 0 Å². The molecule has 4 heteroatoms. The number of likely N-dealkylation sites (N-methyl/N-ethyl adjacent to an activating group) is 1. The number of benzene rings is 2. The Bertz CT molecular complexity index is 609. The molecule has 2 rings (SSSR count). The van der Waals surface area contributed by atoms with Crippen LogP contribution in [0.5, 0.6) is 5.75 Å². The van der Waals surface area contributed by atoms with Crippen LogP contribution in [0.15, 0.2) is 54.6 Å². The zero-order valence-electron chi connectivity index (χ0n) is 14.0. The minimum atomic E-state index is -0.118. The minimum absolute atomic E-state index is 0.0259. The van der Waals surface area contributed by atoms with Crippen molar-refractivity contribution in [1.29, 1.82) is 0 Å². The Balaban J connectivity index is 1.86. The molecule has 122 valence electrons. The number of nitrogens with one attached hydrogen (secondary N) is 1. The van der Waals surface area contributed by atoms with E-state index in [1.165, 1.54) is 11.1 Å². The number of carbonyl (C=O) groups excluding carboxylic acids is 1. The van der Waals surface area contributed by atoms with Crippen molar-refractivity contribution in [3.05, 3.63) is 65.7 Å². The molecule has 4 nitrogen and oxygen atoms in total. The molecule has 1 amide bonds. The summed E-state index contributed by atoms with van der Waals surface area (Å²) in [5, 5.41) is 2.94. The molecule has 1 unspecified atom stereocenters. The monoisotopic (exact) mass is 312 g/mol. The lowest BCUT2D eigenvalue weighted by Crippen LogP contribution is -2.36. The average Bonchev–Trinajstić information content (AvgIpc) is 2.55. The molecule has 2 aromatic carbocycles. The van der Waals surface area contributed by atoms with E-state index in [0.29, 0.717) is 12.3 Å². The molecule has 0 heterocycles. The number of amides is 1. The highest BCUT2D eigenvalue weighted by atomic mass is 16.5. The van der Waals surface area contributed by atoms with Crippen molar-refractivity contribution in [2.45, 2.75) is 13.0 Å². The first-order valence-electron chi connectivity index (χ1n) is 7.74. The Morgan fingerprint density at radius 2 is 1.74 bits per heavy atom. The molecule has 0 spiro atoms. The predicted molar refractivity (Wildman–Crippen MR) is 92.6 cm³/mol. The summed E-state index contributed by atoms with van der Waals surface area (Å²) in [4.78, 5) is 14.1. The summed E-state index contributed by atoms with van der Waals surface area (Å²) in [7, 11) is 4.02. The lowest BCUT2D eigenvalue weighted by molar-refractivity contribution is -0.123. The Morgan fingerprint density at radius 1 is 1.09 bits per heavy atom. The molecule has 0 bridgehead atoms. The topological polar surface area (TPSA) is 41.6 Å². The van der Waals surface area contributed by atoms with Crippen LogP contribution in [0.1, 0.15) is 17.2 Å². The van der Waals surface area contributed by atoms with Gasteiger partial charge in [0.2, 0.25) is 0 Å². The minimum Gasteiger partial charge on any atom is -0.484 e. The molecule has 0 saturated carbocycles. The normalized spacial score (nSPS) is 12.0. The molecule has 0 aliphatic heterocycles. The Kier molecular flexibility index (Phi) is 6.18. The summed E-state index contributed by atoms with van der Waals surface area (Å²) < 4.78 is 5.46. The number of carbonyl (C=O) groups is 1. The SMILES string of the molecule is Cc1ccc(C(CNC(=O)COc2ccccc2)N(C)C)cc1. The highest BCUT2D eigenvalue weighted by molar-refractivity contribution is 5.77. The molecule has 1 atom stereocenters. The van der Waals surface area contributed by atoms with Gasteiger partial charge in [0.1, 0.15) is 5.75 Å². The standard InChI is InChI=1S/C19H24N2O2/c1-15-9-11-16(12-10-15)18(21(2)3)13-20-19(22)14-23-17-7-5-4-6-8-17/h4-12,18H,13-14H2,1-3H3,(H,20,22). The van der Waals surface area contributed by atoms with Crippen LogP contribution in [-0.2, 0) is 4.79 Å². The van der Waals surface area contributed by atoms with E-state index in [1.54, 1.807) is 0 Å². The van der Waals surface area contributed by atoms with Crippen LogP contribution in [0.25, 0.3) is 0 Å². The Morgan fingerprint density at radius 3 is 2.35 bits per heavy atom. The van der Waals surface area contributed by atoms with Crippen molar-refractivity contribution < 1.29 is 9.53 Å². The molecule has 0 saturated heterocycles. The first-order chi connectivity index (χ1) is 11.1. The van der Waals surface area contributed by atoms with E-state index in [2.05, 4.69) is 41.4 Å². The number of nitrogens with zero attached hydrogens (tertiary/aromatic N) is 1. The van der Waals surface area contributed by atoms with Crippen LogP contribution in [0.2, 0.25) is 0 Å². The quantitative estimate of drug-likeness (QED) is 0.855. The molecule has 0 fully saturated rings. The maximum atomic E-state index is 12.0. The van der Waals surface area contributed by atoms with Crippen LogP contribution in [0.3, 0.4) is 0 Å². The first-order valence-corrected chi connectivity index (χ1v) is 7.74. The maximum Gasteiger partial charge on any atom is 0.258 e. The van der Waals surface area contributed by atoms with Crippen LogP contribution in [0.4, 0.5) is 0 Å². The van der Waals surface area contributed by atoms with E-state index in [0.717, 1.165) is 0 Å². The van der Waals surface area contributed by atoms with Crippen LogP contribution in [-0.4, -0.2) is 38.1 Å². The smallest absolute Gasteiger partial charge is 0.258 e. The Labute approximate surface area is 138 Å². The molecular weight excluding hydrogens is 288 g/mol. The van der Waals surface area contributed by atoms with Gasteiger partial charge in [-0.05, 0) is 38.7 Å². The molecule has 0 aliphatic rings. The predicted octanol–water partition coefficient (Wildman–Crippen LogP) is 2.79. The summed E-state index contributed by atoms with van der Waals surface area (Å²) in [5.74, 6) is 0.582. The van der Waals surface area contributed by atoms with Crippen molar-refractivity contribution in [3.8, 4) is 5.75 Å². The van der Waals surface area contributed by atoms with Crippen molar-refractivity contribution >= 4 is 5.91 Å². The van der Waals surface area contributed by atoms with Gasteiger partial charge in [0.15, 0.2) is 6.61 Å². The van der Waals surface area contributed by atoms with Crippen LogP contribution < -0.4 is 10.1 Å². The van der Waals surface area contributed by atoms with E-state index in [-0.39, 0.29) is 18.6 Å². The fourth-order valence-corrected chi connectivity index (χ4v) is 2.31. The number of aryl methyl sites for hydroxylation is 1. The number of hydrogen-bond donors (Lipinski definition) is 1. The molecule has 0 aromatic heterocycles. The fraction of sp³-hybridized carbons (Fsp3) is 0.316. The van der Waals surface area contributed by atoms with Gasteiger partial charge in [-0.1, -0.05) is 48.0 Å². The number of rotatable bonds is 7. The van der Waals surface area contributed by atoms with Crippen LogP contribution >= 0.6 is 0 Å². The second kappa shape index (κ2) is 8.34. The van der Waals surface area contributed by atoms with E-state index in [9.17, 15) is 4.79 Å². The van der Waals surface area contributed by atoms with Crippen molar-refractivity contribution in [3.63, 3.8) is 0 Å². The maximum absolute atomic E-state index is 12.0. The highest BCUT2D eigenvalue weighted by Crippen LogP contribution is 2.17. The van der Waals surface area contributed by atoms with E-state index in [4.69, 9.17) is 4.74 Å². The third-order valence-electron chi connectivity index (χ3n) is 3.69. The summed E-state index contributed by atoms with van der Waals surface area (Å²) in [6.07, 6.45) is 0. The van der Waals surface area contributed by atoms with Crippen molar-refractivity contribution in [2.75, 3.05) is 27.2 Å². The fourth-order valence-electron chi connectivity index (χ4n) is 2.31. The molecule has 0 radical (unpaired) electrons. The molecule has 0 aliphatic carbocycles. The molecular formula is C19H24N2O2. The zero-order chi connectivity index (χ0) is 16.7. The lowest BCUT2D eigenvalue weighted by atomic mass is 10.0. The molecule has 1 N–H and O–H groups in total. The third-order valence-corrected chi connectivity index (χ3v) is 3.69. The summed E-state index contributed by atoms with van der Waals surface area (Å²) >= 11 is 0. The number of para-hydroxylation sites is 1. The highest BCUT2D eigenvalue weighted by Gasteiger charge is 2.15. The van der Waals surface area contributed by atoms with Gasteiger partial charge in [-0.2, -0.15) is 0 Å². The van der Waals surface area contributed by atoms with Gasteiger partial charge >= 0.3 is 0 Å². The van der Waals surface area contributed by atoms with Gasteiger partial charge < -0.3 is 15.0 Å². The second-order valence-electron chi connectivity index (χ2n) is 5.80. The van der Waals surface area contributed by atoms with Gasteiger partial charge in [-0.15, -0.1) is 0 Å². The summed E-state index contributed by atoms with van der Waals surface area (Å²) in [6.45, 7) is 2.64. The largest absolute Gasteiger partial charge is 0.484 e. The molecule has 2 aromatic rings. The molecule has 23 heavy (non-hydrogen) atoms. The third kappa shape index (κ3) is 5.42. The van der Waals surface area contributed by atoms with Gasteiger partial charge in [0, 0.05) is 6.54 Å². The van der Waals surface area contributed by atoms with Crippen molar-refractivity contribution in [2.24, 2.45) is 0 Å². The number of hydrogen-bond acceptors (Lipinski definition) is 3. The van der Waals surface area contributed by atoms with Crippen molar-refractivity contribution in [1.82, 2.24) is 10.2 Å². The zero-order valence-corrected chi connectivity index (χ0v) is 14.0. The van der Waals surface area contributed by atoms with E-state index >= 15 is 0 Å². The summed E-state index contributed by atoms with van der Waals surface area (Å²) in [6, 6.07) is 17.9. The summed E-state index contributed by atoms with van der Waals surface area (Å²) in [5.41, 5.74) is 2.41. The van der Waals surface area contributed by atoms with Gasteiger partial charge in [0.05, 0.1) is 6.04 Å².